The predicted molar refractivity (Wildman–Crippen MR) is 59.1 cm³/mol. The van der Waals surface area contributed by atoms with E-state index >= 15 is 0 Å². The molecule has 2 rings (SSSR count). The lowest BCUT2D eigenvalue weighted by molar-refractivity contribution is -0.136. The number of anilines is 1. The van der Waals surface area contributed by atoms with E-state index in [1.807, 2.05) is 0 Å². The molecule has 0 bridgehead atoms. The molecular weight excluding hydrogens is 230 g/mol. The van der Waals surface area contributed by atoms with Gasteiger partial charge in [-0.2, -0.15) is 0 Å². The fourth-order valence-electron chi connectivity index (χ4n) is 1.13. The van der Waals surface area contributed by atoms with Gasteiger partial charge in [0.15, 0.2) is 16.6 Å². The maximum Gasteiger partial charge on any atom is 0.304 e. The van der Waals surface area contributed by atoms with Gasteiger partial charge in [0.1, 0.15) is 5.52 Å². The fraction of sp³-hybridized carbons (Fsp3) is 0.250. The topological polar surface area (TPSA) is 118 Å². The zero-order valence-corrected chi connectivity index (χ0v) is 8.99. The molecule has 4 N–H and O–H groups in total. The van der Waals surface area contributed by atoms with Crippen LogP contribution in [0, 0.1) is 0 Å². The molecule has 0 amide bonds. The van der Waals surface area contributed by atoms with Gasteiger partial charge < -0.3 is 15.8 Å². The maximum atomic E-state index is 10.3. The third-order valence-electron chi connectivity index (χ3n) is 1.84. The summed E-state index contributed by atoms with van der Waals surface area (Å²) in [5.41, 5.74) is 6.77. The lowest BCUT2D eigenvalue weighted by Gasteiger charge is -2.00. The molecule has 0 unspecified atom stereocenters. The normalized spacial score (nSPS) is 10.8. The molecule has 0 saturated heterocycles. The lowest BCUT2D eigenvalue weighted by atomic mass is 10.5. The summed E-state index contributed by atoms with van der Waals surface area (Å²) in [5, 5.41) is 8.93. The van der Waals surface area contributed by atoms with Gasteiger partial charge in [0.25, 0.3) is 0 Å². The van der Waals surface area contributed by atoms with Gasteiger partial charge in [-0.1, -0.05) is 11.8 Å². The molecule has 0 fully saturated rings. The second kappa shape index (κ2) is 4.35. The molecule has 2 aromatic rings. The Labute approximate surface area is 94.5 Å². The van der Waals surface area contributed by atoms with Gasteiger partial charge in [0, 0.05) is 5.75 Å². The van der Waals surface area contributed by atoms with E-state index in [9.17, 15) is 4.79 Å². The van der Waals surface area contributed by atoms with Crippen molar-refractivity contribution in [2.45, 2.75) is 11.6 Å². The van der Waals surface area contributed by atoms with Crippen LogP contribution < -0.4 is 5.73 Å². The molecule has 0 aliphatic heterocycles. The summed E-state index contributed by atoms with van der Waals surface area (Å²) in [6.07, 6.45) is 1.55. The molecule has 7 nitrogen and oxygen atoms in total. The van der Waals surface area contributed by atoms with Crippen molar-refractivity contribution in [2.24, 2.45) is 0 Å². The van der Waals surface area contributed by atoms with Crippen molar-refractivity contribution in [1.82, 2.24) is 19.9 Å². The quantitative estimate of drug-likeness (QED) is 0.525. The molecule has 0 saturated carbocycles. The minimum Gasteiger partial charge on any atom is -0.481 e. The molecule has 0 aliphatic rings. The number of H-pyrrole nitrogens is 1. The van der Waals surface area contributed by atoms with Crippen LogP contribution in [0.1, 0.15) is 6.42 Å². The summed E-state index contributed by atoms with van der Waals surface area (Å²) in [6.45, 7) is 0. The van der Waals surface area contributed by atoms with Crippen molar-refractivity contribution >= 4 is 34.7 Å². The summed E-state index contributed by atoms with van der Waals surface area (Å²) in [4.78, 5) is 25.3. The summed E-state index contributed by atoms with van der Waals surface area (Å²) in [7, 11) is 0. The standard InChI is InChI=1S/C8H9N5O2S/c9-6-5-7(11-3-10-5)13-8(12-6)16-2-1-4(14)15/h3H,1-2H2,(H,14,15)(H3,9,10,11,12,13). The number of nitrogens with one attached hydrogen (secondary N) is 1. The molecule has 0 radical (unpaired) electrons. The van der Waals surface area contributed by atoms with Gasteiger partial charge in [-0.15, -0.1) is 0 Å². The minimum absolute atomic E-state index is 0.0620. The Balaban J connectivity index is 2.15. The summed E-state index contributed by atoms with van der Waals surface area (Å²) in [5.74, 6) is -0.119. The highest BCUT2D eigenvalue weighted by atomic mass is 32.2. The molecule has 16 heavy (non-hydrogen) atoms. The third kappa shape index (κ3) is 2.22. The van der Waals surface area contributed by atoms with Crippen LogP contribution in [-0.4, -0.2) is 36.8 Å². The molecule has 0 spiro atoms. The molecule has 84 valence electrons. The van der Waals surface area contributed by atoms with E-state index in [0.29, 0.717) is 27.9 Å². The highest BCUT2D eigenvalue weighted by molar-refractivity contribution is 7.99. The van der Waals surface area contributed by atoms with Crippen LogP contribution in [-0.2, 0) is 4.79 Å². The number of hydrogen-bond acceptors (Lipinski definition) is 6. The molecule has 2 heterocycles. The number of aromatic nitrogens is 4. The highest BCUT2D eigenvalue weighted by Gasteiger charge is 2.08. The Morgan fingerprint density at radius 2 is 2.38 bits per heavy atom. The van der Waals surface area contributed by atoms with Gasteiger partial charge in [-0.3, -0.25) is 4.79 Å². The van der Waals surface area contributed by atoms with Gasteiger partial charge in [-0.05, 0) is 0 Å². The number of carbonyl (C=O) groups is 1. The SMILES string of the molecule is Nc1nc(SCCC(=O)O)nc2nc[nH]c12. The van der Waals surface area contributed by atoms with Gasteiger partial charge >= 0.3 is 5.97 Å². The number of fused-ring (bicyclic) bond motifs is 1. The van der Waals surface area contributed by atoms with Crippen molar-refractivity contribution in [3.05, 3.63) is 6.33 Å². The molecular formula is C8H9N5O2S. The lowest BCUT2D eigenvalue weighted by Crippen LogP contribution is -1.99. The first-order valence-electron chi connectivity index (χ1n) is 4.48. The smallest absolute Gasteiger partial charge is 0.304 e. The second-order valence-corrected chi connectivity index (χ2v) is 4.05. The van der Waals surface area contributed by atoms with E-state index in [-0.39, 0.29) is 6.42 Å². The fourth-order valence-corrected chi connectivity index (χ4v) is 1.90. The summed E-state index contributed by atoms with van der Waals surface area (Å²) >= 11 is 1.24. The van der Waals surface area contributed by atoms with Crippen LogP contribution in [0.4, 0.5) is 5.82 Å². The average molecular weight is 239 g/mol. The number of nitrogens with two attached hydrogens (primary N) is 1. The van der Waals surface area contributed by atoms with E-state index < -0.39 is 5.97 Å². The van der Waals surface area contributed by atoms with Crippen molar-refractivity contribution in [3.8, 4) is 0 Å². The van der Waals surface area contributed by atoms with Crippen LogP contribution >= 0.6 is 11.8 Å². The maximum absolute atomic E-state index is 10.3. The minimum atomic E-state index is -0.846. The van der Waals surface area contributed by atoms with Crippen LogP contribution in [0.25, 0.3) is 11.2 Å². The Morgan fingerprint density at radius 3 is 3.12 bits per heavy atom. The van der Waals surface area contributed by atoms with Gasteiger partial charge in [0.05, 0.1) is 12.7 Å². The van der Waals surface area contributed by atoms with E-state index in [2.05, 4.69) is 19.9 Å². The Morgan fingerprint density at radius 1 is 1.56 bits per heavy atom. The van der Waals surface area contributed by atoms with Crippen LogP contribution in [0.5, 0.6) is 0 Å². The first kappa shape index (κ1) is 10.7. The number of nitrogens with zero attached hydrogens (tertiary/aromatic N) is 3. The average Bonchev–Trinajstić information content (AvgIpc) is 2.65. The molecule has 0 atom stereocenters. The van der Waals surface area contributed by atoms with Crippen LogP contribution in [0.3, 0.4) is 0 Å². The number of hydrogen-bond donors (Lipinski definition) is 3. The number of rotatable bonds is 4. The van der Waals surface area contributed by atoms with E-state index in [4.69, 9.17) is 10.8 Å². The van der Waals surface area contributed by atoms with E-state index in [1.54, 1.807) is 0 Å². The van der Waals surface area contributed by atoms with E-state index in [0.717, 1.165) is 0 Å². The van der Waals surface area contributed by atoms with Gasteiger partial charge in [0.2, 0.25) is 0 Å². The molecule has 8 heteroatoms. The Kier molecular flexibility index (Phi) is 2.91. The third-order valence-corrected chi connectivity index (χ3v) is 2.69. The molecule has 2 aromatic heterocycles. The number of aliphatic carboxylic acids is 1. The van der Waals surface area contributed by atoms with Crippen molar-refractivity contribution < 1.29 is 9.90 Å². The van der Waals surface area contributed by atoms with Crippen molar-refractivity contribution in [1.29, 1.82) is 0 Å². The number of carboxylic acids is 1. The first-order valence-corrected chi connectivity index (χ1v) is 5.46. The monoisotopic (exact) mass is 239 g/mol. The Hall–Kier alpha value is -1.83. The second-order valence-electron chi connectivity index (χ2n) is 2.98. The van der Waals surface area contributed by atoms with Crippen LogP contribution in [0.2, 0.25) is 0 Å². The number of aromatic amines is 1. The number of imidazole rings is 1. The van der Waals surface area contributed by atoms with Crippen molar-refractivity contribution in [3.63, 3.8) is 0 Å². The first-order chi connectivity index (χ1) is 7.66. The van der Waals surface area contributed by atoms with Gasteiger partial charge in [-0.25, -0.2) is 15.0 Å². The predicted octanol–water partition coefficient (Wildman–Crippen LogP) is 0.502. The number of nitrogen functional groups attached to an aromatic ring is 1. The van der Waals surface area contributed by atoms with Crippen LogP contribution in [0.15, 0.2) is 11.5 Å². The summed E-state index contributed by atoms with van der Waals surface area (Å²) < 4.78 is 0. The number of thioether (sulfide) groups is 1. The van der Waals surface area contributed by atoms with E-state index in [1.165, 1.54) is 18.1 Å². The van der Waals surface area contributed by atoms with Crippen molar-refractivity contribution in [2.75, 3.05) is 11.5 Å². The summed E-state index contributed by atoms with van der Waals surface area (Å²) in [6, 6.07) is 0. The number of carboxylic acid groups (broad SMARTS) is 1. The largest absolute Gasteiger partial charge is 0.481 e. The Bertz CT molecular complexity index is 526. The molecule has 0 aliphatic carbocycles. The zero-order chi connectivity index (χ0) is 11.5. The highest BCUT2D eigenvalue weighted by Crippen LogP contribution is 2.20. The molecule has 0 aromatic carbocycles. The zero-order valence-electron chi connectivity index (χ0n) is 8.17.